The largest absolute Gasteiger partial charge is 0.490 e. The van der Waals surface area contributed by atoms with E-state index in [0.717, 1.165) is 6.08 Å². The van der Waals surface area contributed by atoms with Gasteiger partial charge in [-0.2, -0.15) is 15.5 Å². The van der Waals surface area contributed by atoms with E-state index in [0.29, 0.717) is 22.7 Å². The fourth-order valence-electron chi connectivity index (χ4n) is 1.69. The molecule has 0 N–H and O–H groups in total. The molecule has 6 nitrogen and oxygen atoms in total. The lowest BCUT2D eigenvalue weighted by molar-refractivity contribution is -0.138. The third kappa shape index (κ3) is 5.39. The van der Waals surface area contributed by atoms with Crippen molar-refractivity contribution in [2.45, 2.75) is 0 Å². The molecule has 0 aromatic heterocycles. The first kappa shape index (κ1) is 16.9. The van der Waals surface area contributed by atoms with Crippen molar-refractivity contribution < 1.29 is 14.3 Å². The van der Waals surface area contributed by atoms with Gasteiger partial charge in [-0.15, -0.1) is 0 Å². The molecule has 6 heteroatoms. The molecule has 0 aliphatic carbocycles. The summed E-state index contributed by atoms with van der Waals surface area (Å²) in [5, 5.41) is 16.9. The molecule has 0 aliphatic rings. The number of azo groups is 1. The summed E-state index contributed by atoms with van der Waals surface area (Å²) in [6.07, 6.45) is 1.10. The molecule has 0 saturated heterocycles. The minimum atomic E-state index is -0.475. The van der Waals surface area contributed by atoms with Gasteiger partial charge < -0.3 is 9.47 Å². The second kappa shape index (κ2) is 8.86. The first-order valence-corrected chi connectivity index (χ1v) is 7.15. The highest BCUT2D eigenvalue weighted by Gasteiger charge is 1.98. The van der Waals surface area contributed by atoms with Gasteiger partial charge in [-0.25, -0.2) is 4.79 Å². The number of carbonyl (C=O) groups is 1. The van der Waals surface area contributed by atoms with Crippen LogP contribution in [0.4, 0.5) is 11.4 Å². The van der Waals surface area contributed by atoms with Gasteiger partial charge in [0.15, 0.2) is 0 Å². The Balaban J connectivity index is 1.84. The van der Waals surface area contributed by atoms with Gasteiger partial charge in [-0.05, 0) is 48.5 Å². The Bertz CT molecular complexity index is 760. The van der Waals surface area contributed by atoms with E-state index in [1.807, 2.05) is 6.07 Å². The summed E-state index contributed by atoms with van der Waals surface area (Å²) in [4.78, 5) is 10.9. The summed E-state index contributed by atoms with van der Waals surface area (Å²) in [6, 6.07) is 15.9. The van der Waals surface area contributed by atoms with Gasteiger partial charge in [0.05, 0.1) is 23.0 Å². The van der Waals surface area contributed by atoms with Crippen molar-refractivity contribution >= 4 is 17.3 Å². The molecule has 2 aromatic carbocycles. The van der Waals surface area contributed by atoms with Gasteiger partial charge in [0.2, 0.25) is 0 Å². The van der Waals surface area contributed by atoms with E-state index in [2.05, 4.69) is 16.8 Å². The topological polar surface area (TPSA) is 84.0 Å². The number of nitriles is 1. The smallest absolute Gasteiger partial charge is 0.330 e. The maximum Gasteiger partial charge on any atom is 0.330 e. The molecule has 24 heavy (non-hydrogen) atoms. The minimum absolute atomic E-state index is 0.158. The van der Waals surface area contributed by atoms with Gasteiger partial charge in [0.25, 0.3) is 0 Å². The summed E-state index contributed by atoms with van der Waals surface area (Å²) < 4.78 is 10.2. The van der Waals surface area contributed by atoms with Crippen LogP contribution in [-0.2, 0) is 9.53 Å². The highest BCUT2D eigenvalue weighted by molar-refractivity contribution is 5.81. The van der Waals surface area contributed by atoms with E-state index >= 15 is 0 Å². The van der Waals surface area contributed by atoms with Crippen molar-refractivity contribution in [3.05, 3.63) is 66.7 Å². The Kier molecular flexibility index (Phi) is 6.24. The molecule has 0 spiro atoms. The predicted molar refractivity (Wildman–Crippen MR) is 88.4 cm³/mol. The fraction of sp³-hybridized carbons (Fsp3) is 0.111. The van der Waals surface area contributed by atoms with Crippen molar-refractivity contribution in [2.75, 3.05) is 13.2 Å². The molecular formula is C18H15N3O3. The Morgan fingerprint density at radius 1 is 1.04 bits per heavy atom. The van der Waals surface area contributed by atoms with Gasteiger partial charge in [-0.3, -0.25) is 0 Å². The second-order valence-corrected chi connectivity index (χ2v) is 4.57. The average Bonchev–Trinajstić information content (AvgIpc) is 2.64. The lowest BCUT2D eigenvalue weighted by Crippen LogP contribution is -2.09. The maximum atomic E-state index is 10.9. The van der Waals surface area contributed by atoms with Crippen LogP contribution in [0.2, 0.25) is 0 Å². The van der Waals surface area contributed by atoms with Crippen LogP contribution in [0.25, 0.3) is 0 Å². The van der Waals surface area contributed by atoms with E-state index in [9.17, 15) is 4.79 Å². The summed E-state index contributed by atoms with van der Waals surface area (Å²) in [7, 11) is 0. The summed E-state index contributed by atoms with van der Waals surface area (Å²) in [5.41, 5.74) is 1.91. The van der Waals surface area contributed by atoms with Crippen molar-refractivity contribution in [1.82, 2.24) is 0 Å². The van der Waals surface area contributed by atoms with Crippen LogP contribution in [0.1, 0.15) is 5.56 Å². The number of nitrogens with zero attached hydrogens (tertiary/aromatic N) is 3. The zero-order valence-electron chi connectivity index (χ0n) is 12.9. The molecule has 0 radical (unpaired) electrons. The quantitative estimate of drug-likeness (QED) is 0.333. The van der Waals surface area contributed by atoms with Crippen LogP contribution in [0.5, 0.6) is 5.75 Å². The Morgan fingerprint density at radius 3 is 2.17 bits per heavy atom. The van der Waals surface area contributed by atoms with E-state index < -0.39 is 5.97 Å². The number of benzene rings is 2. The number of carbonyl (C=O) groups excluding carboxylic acids is 1. The van der Waals surface area contributed by atoms with Crippen molar-refractivity contribution in [3.8, 4) is 11.8 Å². The van der Waals surface area contributed by atoms with E-state index in [4.69, 9.17) is 14.7 Å². The maximum absolute atomic E-state index is 10.9. The molecule has 120 valence electrons. The lowest BCUT2D eigenvalue weighted by Gasteiger charge is -2.06. The Labute approximate surface area is 139 Å². The van der Waals surface area contributed by atoms with Crippen LogP contribution >= 0.6 is 0 Å². The summed E-state index contributed by atoms with van der Waals surface area (Å²) in [6.45, 7) is 3.72. The molecule has 2 aromatic rings. The van der Waals surface area contributed by atoms with Gasteiger partial charge in [0, 0.05) is 6.08 Å². The summed E-state index contributed by atoms with van der Waals surface area (Å²) in [5.74, 6) is 0.166. The molecule has 0 heterocycles. The zero-order chi connectivity index (χ0) is 17.2. The number of hydrogen-bond donors (Lipinski definition) is 0. The van der Waals surface area contributed by atoms with Gasteiger partial charge >= 0.3 is 5.97 Å². The van der Waals surface area contributed by atoms with Crippen molar-refractivity contribution in [1.29, 1.82) is 5.26 Å². The van der Waals surface area contributed by atoms with E-state index in [-0.39, 0.29) is 13.2 Å². The predicted octanol–water partition coefficient (Wildman–Crippen LogP) is 4.08. The highest BCUT2D eigenvalue weighted by Crippen LogP contribution is 2.21. The van der Waals surface area contributed by atoms with Crippen LogP contribution in [0.15, 0.2) is 71.4 Å². The third-order valence-corrected chi connectivity index (χ3v) is 2.88. The molecule has 0 amide bonds. The molecule has 0 atom stereocenters. The molecule has 0 saturated carbocycles. The van der Waals surface area contributed by atoms with Gasteiger partial charge in [0.1, 0.15) is 19.0 Å². The fourth-order valence-corrected chi connectivity index (χ4v) is 1.69. The number of hydrogen-bond acceptors (Lipinski definition) is 6. The lowest BCUT2D eigenvalue weighted by atomic mass is 10.2. The molecule has 0 aliphatic heterocycles. The van der Waals surface area contributed by atoms with Crippen molar-refractivity contribution in [3.63, 3.8) is 0 Å². The molecule has 0 bridgehead atoms. The number of esters is 1. The zero-order valence-corrected chi connectivity index (χ0v) is 12.9. The van der Waals surface area contributed by atoms with Crippen LogP contribution in [-0.4, -0.2) is 19.2 Å². The number of rotatable bonds is 7. The third-order valence-electron chi connectivity index (χ3n) is 2.88. The average molecular weight is 321 g/mol. The van der Waals surface area contributed by atoms with Crippen LogP contribution in [0, 0.1) is 11.3 Å². The first-order chi connectivity index (χ1) is 11.7. The first-order valence-electron chi connectivity index (χ1n) is 7.15. The van der Waals surface area contributed by atoms with Crippen LogP contribution in [0.3, 0.4) is 0 Å². The summed E-state index contributed by atoms with van der Waals surface area (Å²) >= 11 is 0. The van der Waals surface area contributed by atoms with Gasteiger partial charge in [-0.1, -0.05) is 6.58 Å². The monoisotopic (exact) mass is 321 g/mol. The van der Waals surface area contributed by atoms with Crippen molar-refractivity contribution in [2.24, 2.45) is 10.2 Å². The molecule has 2 rings (SSSR count). The Morgan fingerprint density at radius 2 is 1.62 bits per heavy atom. The van der Waals surface area contributed by atoms with E-state index in [1.54, 1.807) is 48.5 Å². The molecule has 0 fully saturated rings. The minimum Gasteiger partial charge on any atom is -0.490 e. The van der Waals surface area contributed by atoms with E-state index in [1.165, 1.54) is 0 Å². The Hall–Kier alpha value is -3.46. The highest BCUT2D eigenvalue weighted by atomic mass is 16.6. The molecular weight excluding hydrogens is 306 g/mol. The second-order valence-electron chi connectivity index (χ2n) is 4.57. The molecule has 0 unspecified atom stereocenters. The van der Waals surface area contributed by atoms with Crippen LogP contribution < -0.4 is 4.74 Å². The number of ether oxygens (including phenoxy) is 2. The normalized spacial score (nSPS) is 10.1. The standard InChI is InChI=1S/C18H15N3O3/c1-2-18(22)24-12-11-23-17-9-7-16(8-10-17)21-20-15-5-3-14(13-19)4-6-15/h2-10H,1,11-12H2. The SMILES string of the molecule is C=CC(=O)OCCOc1ccc(N=Nc2ccc(C#N)cc2)cc1.